The van der Waals surface area contributed by atoms with E-state index in [4.69, 9.17) is 14.2 Å². The minimum atomic E-state index is 0.654. The molecule has 1 aromatic rings. The van der Waals surface area contributed by atoms with Crippen molar-refractivity contribution in [2.45, 2.75) is 12.8 Å². The summed E-state index contributed by atoms with van der Waals surface area (Å²) in [6, 6.07) is 7.72. The summed E-state index contributed by atoms with van der Waals surface area (Å²) in [4.78, 5) is 0. The van der Waals surface area contributed by atoms with Crippen LogP contribution in [0.4, 0.5) is 0 Å². The van der Waals surface area contributed by atoms with Gasteiger partial charge in [0.25, 0.3) is 0 Å². The number of rotatable bonds is 8. The Balaban J connectivity index is 1.56. The molecule has 1 saturated heterocycles. The lowest BCUT2D eigenvalue weighted by molar-refractivity contribution is 0.184. The second kappa shape index (κ2) is 8.02. The molecule has 106 valence electrons. The highest BCUT2D eigenvalue weighted by atomic mass is 16.5. The van der Waals surface area contributed by atoms with Crippen LogP contribution in [0, 0.1) is 5.92 Å². The lowest BCUT2D eigenvalue weighted by Crippen LogP contribution is -2.24. The molecule has 19 heavy (non-hydrogen) atoms. The molecule has 0 saturated carbocycles. The Bertz CT molecular complexity index is 364. The second-order valence-corrected chi connectivity index (χ2v) is 4.77. The van der Waals surface area contributed by atoms with Crippen molar-refractivity contribution in [3.05, 3.63) is 24.3 Å². The van der Waals surface area contributed by atoms with Crippen molar-refractivity contribution < 1.29 is 14.2 Å². The molecule has 1 aliphatic heterocycles. The fourth-order valence-electron chi connectivity index (χ4n) is 2.21. The Morgan fingerprint density at radius 3 is 2.84 bits per heavy atom. The van der Waals surface area contributed by atoms with Crippen LogP contribution in [0.15, 0.2) is 24.3 Å². The van der Waals surface area contributed by atoms with Gasteiger partial charge in [-0.15, -0.1) is 0 Å². The van der Waals surface area contributed by atoms with Gasteiger partial charge in [0.2, 0.25) is 0 Å². The lowest BCUT2D eigenvalue weighted by Gasteiger charge is -2.11. The van der Waals surface area contributed by atoms with Crippen LogP contribution in [0.25, 0.3) is 0 Å². The van der Waals surface area contributed by atoms with E-state index < -0.39 is 0 Å². The van der Waals surface area contributed by atoms with Gasteiger partial charge in [0.05, 0.1) is 7.11 Å². The first-order valence-electron chi connectivity index (χ1n) is 6.94. The molecule has 0 radical (unpaired) electrons. The number of para-hydroxylation sites is 2. The third-order valence-electron chi connectivity index (χ3n) is 3.36. The third-order valence-corrected chi connectivity index (χ3v) is 3.36. The topological polar surface area (TPSA) is 39.7 Å². The second-order valence-electron chi connectivity index (χ2n) is 4.77. The van der Waals surface area contributed by atoms with E-state index in [1.807, 2.05) is 24.3 Å². The fraction of sp³-hybridized carbons (Fsp3) is 0.600. The lowest BCUT2D eigenvalue weighted by atomic mass is 10.1. The van der Waals surface area contributed by atoms with Gasteiger partial charge in [0.1, 0.15) is 6.61 Å². The van der Waals surface area contributed by atoms with Crippen LogP contribution in [-0.4, -0.2) is 40.0 Å². The average Bonchev–Trinajstić information content (AvgIpc) is 2.96. The molecule has 0 bridgehead atoms. The van der Waals surface area contributed by atoms with Gasteiger partial charge in [-0.05, 0) is 37.4 Å². The predicted molar refractivity (Wildman–Crippen MR) is 74.9 cm³/mol. The number of methoxy groups -OCH3 is 1. The summed E-state index contributed by atoms with van der Waals surface area (Å²) in [5.74, 6) is 2.32. The normalized spacial score (nSPS) is 18.5. The van der Waals surface area contributed by atoms with Crippen molar-refractivity contribution in [1.82, 2.24) is 5.32 Å². The predicted octanol–water partition coefficient (Wildman–Crippen LogP) is 2.09. The molecule has 1 N–H and O–H groups in total. The highest BCUT2D eigenvalue weighted by Crippen LogP contribution is 2.25. The van der Waals surface area contributed by atoms with E-state index in [1.165, 1.54) is 12.8 Å². The molecule has 1 fully saturated rings. The van der Waals surface area contributed by atoms with Crippen molar-refractivity contribution in [3.63, 3.8) is 0 Å². The van der Waals surface area contributed by atoms with Crippen LogP contribution in [-0.2, 0) is 4.74 Å². The highest BCUT2D eigenvalue weighted by molar-refractivity contribution is 5.39. The van der Waals surface area contributed by atoms with Crippen LogP contribution >= 0.6 is 0 Å². The molecule has 0 aliphatic carbocycles. The van der Waals surface area contributed by atoms with E-state index in [1.54, 1.807) is 7.11 Å². The van der Waals surface area contributed by atoms with Crippen LogP contribution in [0.2, 0.25) is 0 Å². The molecule has 1 aliphatic rings. The number of ether oxygens (including phenoxy) is 3. The molecular formula is C15H23NO3. The zero-order valence-electron chi connectivity index (χ0n) is 11.6. The van der Waals surface area contributed by atoms with E-state index in [-0.39, 0.29) is 0 Å². The molecule has 0 spiro atoms. The van der Waals surface area contributed by atoms with Crippen molar-refractivity contribution >= 4 is 0 Å². The standard InChI is InChI=1S/C15H23NO3/c1-17-14-4-2-3-5-15(14)19-11-9-16-8-6-13-7-10-18-12-13/h2-5,13,16H,6-12H2,1H3. The molecule has 1 atom stereocenters. The fourth-order valence-corrected chi connectivity index (χ4v) is 2.21. The van der Waals surface area contributed by atoms with Gasteiger partial charge in [-0.1, -0.05) is 12.1 Å². The summed E-state index contributed by atoms with van der Waals surface area (Å²) < 4.78 is 16.3. The smallest absolute Gasteiger partial charge is 0.161 e. The Kier molecular flexibility index (Phi) is 5.98. The van der Waals surface area contributed by atoms with Gasteiger partial charge in [-0.25, -0.2) is 0 Å². The maximum atomic E-state index is 5.69. The number of hydrogen-bond donors (Lipinski definition) is 1. The first-order valence-corrected chi connectivity index (χ1v) is 6.94. The zero-order chi connectivity index (χ0) is 13.3. The molecule has 4 heteroatoms. The quantitative estimate of drug-likeness (QED) is 0.731. The van der Waals surface area contributed by atoms with Crippen LogP contribution in [0.1, 0.15) is 12.8 Å². The summed E-state index contributed by atoms with van der Waals surface area (Å²) in [7, 11) is 1.66. The van der Waals surface area contributed by atoms with Gasteiger partial charge < -0.3 is 19.5 Å². The Hall–Kier alpha value is -1.26. The first kappa shape index (κ1) is 14.2. The number of benzene rings is 1. The van der Waals surface area contributed by atoms with Gasteiger partial charge in [-0.3, -0.25) is 0 Å². The Labute approximate surface area is 115 Å². The maximum absolute atomic E-state index is 5.69. The van der Waals surface area contributed by atoms with Gasteiger partial charge in [0.15, 0.2) is 11.5 Å². The van der Waals surface area contributed by atoms with E-state index in [2.05, 4.69) is 5.32 Å². The minimum absolute atomic E-state index is 0.654. The Morgan fingerprint density at radius 2 is 2.11 bits per heavy atom. The summed E-state index contributed by atoms with van der Waals surface area (Å²) in [6.45, 7) is 4.40. The summed E-state index contributed by atoms with van der Waals surface area (Å²) in [5.41, 5.74) is 0. The molecule has 0 amide bonds. The molecular weight excluding hydrogens is 242 g/mol. The van der Waals surface area contributed by atoms with Crippen LogP contribution in [0.5, 0.6) is 11.5 Å². The van der Waals surface area contributed by atoms with Crippen molar-refractivity contribution in [2.24, 2.45) is 5.92 Å². The summed E-state index contributed by atoms with van der Waals surface area (Å²) in [5, 5.41) is 3.40. The third kappa shape index (κ3) is 4.73. The van der Waals surface area contributed by atoms with E-state index in [9.17, 15) is 0 Å². The van der Waals surface area contributed by atoms with Crippen LogP contribution < -0.4 is 14.8 Å². The zero-order valence-corrected chi connectivity index (χ0v) is 11.6. The molecule has 1 aromatic carbocycles. The SMILES string of the molecule is COc1ccccc1OCCNCCC1CCOC1. The monoisotopic (exact) mass is 265 g/mol. The van der Waals surface area contributed by atoms with Gasteiger partial charge in [-0.2, -0.15) is 0 Å². The van der Waals surface area contributed by atoms with Gasteiger partial charge >= 0.3 is 0 Å². The number of hydrogen-bond acceptors (Lipinski definition) is 4. The molecule has 2 rings (SSSR count). The molecule has 1 unspecified atom stereocenters. The van der Waals surface area contributed by atoms with E-state index >= 15 is 0 Å². The van der Waals surface area contributed by atoms with E-state index in [0.29, 0.717) is 6.61 Å². The first-order chi connectivity index (χ1) is 9.40. The summed E-state index contributed by atoms with van der Waals surface area (Å²) >= 11 is 0. The maximum Gasteiger partial charge on any atom is 0.161 e. The Morgan fingerprint density at radius 1 is 1.26 bits per heavy atom. The van der Waals surface area contributed by atoms with Crippen molar-refractivity contribution in [2.75, 3.05) is 40.0 Å². The van der Waals surface area contributed by atoms with Gasteiger partial charge in [0, 0.05) is 19.8 Å². The average molecular weight is 265 g/mol. The van der Waals surface area contributed by atoms with Crippen LogP contribution in [0.3, 0.4) is 0 Å². The number of nitrogens with one attached hydrogen (secondary N) is 1. The largest absolute Gasteiger partial charge is 0.493 e. The molecule has 4 nitrogen and oxygen atoms in total. The molecule has 1 heterocycles. The van der Waals surface area contributed by atoms with E-state index in [0.717, 1.165) is 43.7 Å². The molecule has 0 aromatic heterocycles. The van der Waals surface area contributed by atoms with Crippen molar-refractivity contribution in [3.8, 4) is 11.5 Å². The highest BCUT2D eigenvalue weighted by Gasteiger charge is 2.14. The minimum Gasteiger partial charge on any atom is -0.493 e. The summed E-state index contributed by atoms with van der Waals surface area (Å²) in [6.07, 6.45) is 2.40. The van der Waals surface area contributed by atoms with Crippen molar-refractivity contribution in [1.29, 1.82) is 0 Å².